The standard InChI is InChI=1S/C20H22N4O4.C16H18N4O3/c1-4-23(13-14-28-20(25)15(2)3)18-9-5-16(6-10-18)21-22-17-7-11-19(12-8-17)24(26)27;1-2-19(11-12-21)15-7-3-13(4-8-15)17-18-14-5-9-16(10-6-14)20(22)23/h5-12H,2,4,13-14H2,1,3H3;3-10,21H,2,11-12H2,1H3. The van der Waals surface area contributed by atoms with Gasteiger partial charge in [-0.25, -0.2) is 4.79 Å². The number of aliphatic hydroxyl groups is 1. The van der Waals surface area contributed by atoms with Crippen molar-refractivity contribution in [3.63, 3.8) is 0 Å². The van der Waals surface area contributed by atoms with Crippen LogP contribution in [0.15, 0.2) is 130 Å². The molecule has 0 saturated carbocycles. The Morgan fingerprint density at radius 2 is 1.00 bits per heavy atom. The molecular weight excluding hydrogens is 656 g/mol. The molecule has 0 spiro atoms. The topological polar surface area (TPSA) is 189 Å². The van der Waals surface area contributed by atoms with Gasteiger partial charge in [0.1, 0.15) is 6.61 Å². The minimum Gasteiger partial charge on any atom is -0.460 e. The summed E-state index contributed by atoms with van der Waals surface area (Å²) in [4.78, 5) is 35.9. The Morgan fingerprint density at radius 1 is 0.667 bits per heavy atom. The van der Waals surface area contributed by atoms with E-state index in [1.807, 2.05) is 62.4 Å². The van der Waals surface area contributed by atoms with Crippen LogP contribution >= 0.6 is 0 Å². The molecule has 0 aliphatic heterocycles. The second-order valence-electron chi connectivity index (χ2n) is 10.8. The number of benzene rings is 4. The molecule has 0 atom stereocenters. The number of likely N-dealkylation sites (N-methyl/N-ethyl adjacent to an activating group) is 2. The largest absolute Gasteiger partial charge is 0.460 e. The van der Waals surface area contributed by atoms with Gasteiger partial charge in [-0.2, -0.15) is 20.5 Å². The first kappa shape index (κ1) is 39.1. The predicted octanol–water partition coefficient (Wildman–Crippen LogP) is 8.78. The molecule has 0 heterocycles. The summed E-state index contributed by atoms with van der Waals surface area (Å²) in [6.45, 7) is 12.3. The maximum absolute atomic E-state index is 11.4. The van der Waals surface area contributed by atoms with Crippen molar-refractivity contribution in [1.82, 2.24) is 0 Å². The smallest absolute Gasteiger partial charge is 0.333 e. The molecule has 0 aromatic heterocycles. The van der Waals surface area contributed by atoms with Gasteiger partial charge in [-0.05, 0) is 93.6 Å². The van der Waals surface area contributed by atoms with Crippen LogP contribution in [0.1, 0.15) is 20.8 Å². The van der Waals surface area contributed by atoms with E-state index in [4.69, 9.17) is 9.84 Å². The summed E-state index contributed by atoms with van der Waals surface area (Å²) < 4.78 is 5.14. The molecule has 0 amide bonds. The average Bonchev–Trinajstić information content (AvgIpc) is 3.15. The Bertz CT molecular complexity index is 1800. The van der Waals surface area contributed by atoms with E-state index in [9.17, 15) is 25.0 Å². The number of nitro benzene ring substituents is 2. The zero-order valence-electron chi connectivity index (χ0n) is 28.7. The number of azo groups is 2. The van der Waals surface area contributed by atoms with Gasteiger partial charge in [0.2, 0.25) is 0 Å². The van der Waals surface area contributed by atoms with Crippen molar-refractivity contribution in [3.05, 3.63) is 129 Å². The van der Waals surface area contributed by atoms with Crippen LogP contribution in [0, 0.1) is 20.2 Å². The normalized spacial score (nSPS) is 10.7. The Kier molecular flexibility index (Phi) is 15.5. The molecule has 4 aromatic carbocycles. The Hall–Kier alpha value is -6.35. The maximum Gasteiger partial charge on any atom is 0.333 e. The zero-order valence-corrected chi connectivity index (χ0v) is 28.7. The van der Waals surface area contributed by atoms with E-state index < -0.39 is 15.8 Å². The first-order valence-electron chi connectivity index (χ1n) is 16.0. The zero-order chi connectivity index (χ0) is 37.2. The lowest BCUT2D eigenvalue weighted by molar-refractivity contribution is -0.385. The van der Waals surface area contributed by atoms with Gasteiger partial charge in [-0.3, -0.25) is 20.2 Å². The second-order valence-corrected chi connectivity index (χ2v) is 10.8. The summed E-state index contributed by atoms with van der Waals surface area (Å²) >= 11 is 0. The molecule has 0 radical (unpaired) electrons. The van der Waals surface area contributed by atoms with E-state index in [1.54, 1.807) is 31.2 Å². The van der Waals surface area contributed by atoms with Crippen LogP contribution in [0.25, 0.3) is 0 Å². The number of hydrogen-bond acceptors (Lipinski definition) is 13. The van der Waals surface area contributed by atoms with Crippen LogP contribution < -0.4 is 9.80 Å². The van der Waals surface area contributed by atoms with Crippen molar-refractivity contribution in [2.24, 2.45) is 20.5 Å². The third-order valence-electron chi connectivity index (χ3n) is 7.19. The summed E-state index contributed by atoms with van der Waals surface area (Å²) in [7, 11) is 0. The van der Waals surface area contributed by atoms with E-state index in [0.29, 0.717) is 41.4 Å². The van der Waals surface area contributed by atoms with Gasteiger partial charge >= 0.3 is 5.97 Å². The van der Waals surface area contributed by atoms with E-state index in [1.165, 1.54) is 24.3 Å². The fourth-order valence-electron chi connectivity index (χ4n) is 4.41. The molecule has 0 aliphatic rings. The number of ether oxygens (including phenoxy) is 1. The number of nitrogens with zero attached hydrogens (tertiary/aromatic N) is 8. The highest BCUT2D eigenvalue weighted by Gasteiger charge is 2.08. The lowest BCUT2D eigenvalue weighted by Crippen LogP contribution is -2.28. The first-order chi connectivity index (χ1) is 24.5. The third kappa shape index (κ3) is 12.9. The first-order valence-corrected chi connectivity index (χ1v) is 16.0. The quantitative estimate of drug-likeness (QED) is 0.0392. The molecule has 0 unspecified atom stereocenters. The van der Waals surface area contributed by atoms with Crippen molar-refractivity contribution >= 4 is 51.5 Å². The molecule has 51 heavy (non-hydrogen) atoms. The van der Waals surface area contributed by atoms with Gasteiger partial charge in [0.25, 0.3) is 11.4 Å². The average molecular weight is 697 g/mol. The van der Waals surface area contributed by atoms with Crippen molar-refractivity contribution in [3.8, 4) is 0 Å². The lowest BCUT2D eigenvalue weighted by atomic mass is 10.2. The Balaban J connectivity index is 0.000000281. The van der Waals surface area contributed by atoms with Gasteiger partial charge in [0.05, 0.1) is 45.7 Å². The fraction of sp³-hybridized carbons (Fsp3) is 0.250. The van der Waals surface area contributed by atoms with E-state index in [2.05, 4.69) is 36.8 Å². The SMILES string of the molecule is C=C(C)C(=O)OCCN(CC)c1ccc(N=Nc2ccc([N+](=O)[O-])cc2)cc1.CCN(CCO)c1ccc(N=Nc2ccc([N+](=O)[O-])cc2)cc1. The number of rotatable bonds is 16. The lowest BCUT2D eigenvalue weighted by Gasteiger charge is -2.22. The summed E-state index contributed by atoms with van der Waals surface area (Å²) in [5, 5.41) is 46.7. The Morgan fingerprint density at radius 3 is 1.29 bits per heavy atom. The molecule has 0 bridgehead atoms. The summed E-state index contributed by atoms with van der Waals surface area (Å²) in [5.74, 6) is -0.391. The highest BCUT2D eigenvalue weighted by atomic mass is 16.6. The molecule has 15 nitrogen and oxygen atoms in total. The monoisotopic (exact) mass is 696 g/mol. The molecule has 4 rings (SSSR count). The maximum atomic E-state index is 11.4. The molecule has 266 valence electrons. The van der Waals surface area contributed by atoms with Crippen molar-refractivity contribution in [2.75, 3.05) is 49.2 Å². The van der Waals surface area contributed by atoms with Crippen molar-refractivity contribution in [1.29, 1.82) is 0 Å². The third-order valence-corrected chi connectivity index (χ3v) is 7.19. The summed E-state index contributed by atoms with van der Waals surface area (Å²) in [6, 6.07) is 26.7. The molecule has 15 heteroatoms. The molecule has 0 fully saturated rings. The van der Waals surface area contributed by atoms with Gasteiger partial charge in [-0.15, -0.1) is 0 Å². The molecule has 0 aliphatic carbocycles. The second kappa shape index (κ2) is 20.2. The number of carbonyl (C=O) groups is 1. The van der Waals surface area contributed by atoms with Crippen molar-refractivity contribution in [2.45, 2.75) is 20.8 Å². The van der Waals surface area contributed by atoms with Gasteiger partial charge in [0, 0.05) is 60.8 Å². The highest BCUT2D eigenvalue weighted by Crippen LogP contribution is 2.25. The minimum absolute atomic E-state index is 0.0110. The number of nitro groups is 2. The number of carbonyl (C=O) groups excluding carboxylic acids is 1. The van der Waals surface area contributed by atoms with Crippen LogP contribution in [0.2, 0.25) is 0 Å². The van der Waals surface area contributed by atoms with E-state index in [-0.39, 0.29) is 24.6 Å². The van der Waals surface area contributed by atoms with Gasteiger partial charge in [0.15, 0.2) is 0 Å². The number of non-ortho nitro benzene ring substituents is 2. The molecule has 1 N–H and O–H groups in total. The number of esters is 1. The van der Waals surface area contributed by atoms with Crippen LogP contribution in [-0.2, 0) is 9.53 Å². The summed E-state index contributed by atoms with van der Waals surface area (Å²) in [5.41, 5.74) is 4.83. The Labute approximate surface area is 295 Å². The fourth-order valence-corrected chi connectivity index (χ4v) is 4.41. The van der Waals surface area contributed by atoms with Gasteiger partial charge < -0.3 is 19.6 Å². The summed E-state index contributed by atoms with van der Waals surface area (Å²) in [6.07, 6.45) is 0. The molecule has 0 saturated heterocycles. The van der Waals surface area contributed by atoms with Crippen molar-refractivity contribution < 1.29 is 24.5 Å². The highest BCUT2D eigenvalue weighted by molar-refractivity contribution is 5.86. The molecular formula is C36H40N8O7. The van der Waals surface area contributed by atoms with Gasteiger partial charge in [-0.1, -0.05) is 6.58 Å². The number of hydrogen-bond donors (Lipinski definition) is 1. The predicted molar refractivity (Wildman–Crippen MR) is 196 cm³/mol. The van der Waals surface area contributed by atoms with Crippen LogP contribution in [-0.4, -0.2) is 60.3 Å². The number of anilines is 2. The minimum atomic E-state index is -0.460. The number of aliphatic hydroxyl groups excluding tert-OH is 1. The molecule has 4 aromatic rings. The van der Waals surface area contributed by atoms with Crippen LogP contribution in [0.4, 0.5) is 45.5 Å². The van der Waals surface area contributed by atoms with E-state index >= 15 is 0 Å². The van der Waals surface area contributed by atoms with Crippen LogP contribution in [0.3, 0.4) is 0 Å². The van der Waals surface area contributed by atoms with Crippen LogP contribution in [0.5, 0.6) is 0 Å². The van der Waals surface area contributed by atoms with E-state index in [0.717, 1.165) is 24.5 Å².